The van der Waals surface area contributed by atoms with Crippen LogP contribution in [-0.2, 0) is 4.74 Å². The monoisotopic (exact) mass is 234 g/mol. The normalized spacial score (nSPS) is 13.4. The predicted octanol–water partition coefficient (Wildman–Crippen LogP) is 1.30. The standard InChI is InChI=1S/C11H26N2OS/c1-11(10-15-4)13(2)8-5-6-12-7-9-14-3/h11-12H,5-10H2,1-4H3. The number of hydrogen-bond acceptors (Lipinski definition) is 4. The van der Waals surface area contributed by atoms with Crippen molar-refractivity contribution in [2.75, 3.05) is 52.4 Å². The van der Waals surface area contributed by atoms with Crippen LogP contribution in [0.2, 0.25) is 0 Å². The molecule has 0 radical (unpaired) electrons. The minimum Gasteiger partial charge on any atom is -0.383 e. The molecule has 1 atom stereocenters. The Morgan fingerprint density at radius 2 is 2.13 bits per heavy atom. The molecule has 1 unspecified atom stereocenters. The van der Waals surface area contributed by atoms with Crippen LogP contribution >= 0.6 is 11.8 Å². The lowest BCUT2D eigenvalue weighted by atomic mass is 10.3. The first kappa shape index (κ1) is 15.2. The second-order valence-corrected chi connectivity index (χ2v) is 4.79. The molecule has 0 amide bonds. The second kappa shape index (κ2) is 10.7. The summed E-state index contributed by atoms with van der Waals surface area (Å²) in [6, 6.07) is 0.680. The van der Waals surface area contributed by atoms with Gasteiger partial charge in [-0.25, -0.2) is 0 Å². The summed E-state index contributed by atoms with van der Waals surface area (Å²) in [6.07, 6.45) is 3.37. The SMILES string of the molecule is COCCNCCCN(C)C(C)CSC. The lowest BCUT2D eigenvalue weighted by molar-refractivity contribution is 0.198. The van der Waals surface area contributed by atoms with Gasteiger partial charge in [-0.3, -0.25) is 0 Å². The molecule has 0 spiro atoms. The zero-order valence-electron chi connectivity index (χ0n) is 10.6. The molecular formula is C11H26N2OS. The van der Waals surface area contributed by atoms with Crippen molar-refractivity contribution >= 4 is 11.8 Å². The Kier molecular flexibility index (Phi) is 10.9. The zero-order valence-corrected chi connectivity index (χ0v) is 11.4. The third-order valence-electron chi connectivity index (χ3n) is 2.51. The summed E-state index contributed by atoms with van der Waals surface area (Å²) >= 11 is 1.91. The number of nitrogens with one attached hydrogen (secondary N) is 1. The summed E-state index contributed by atoms with van der Waals surface area (Å²) in [4.78, 5) is 2.43. The van der Waals surface area contributed by atoms with E-state index in [9.17, 15) is 0 Å². The van der Waals surface area contributed by atoms with Crippen molar-refractivity contribution in [2.24, 2.45) is 0 Å². The van der Waals surface area contributed by atoms with E-state index < -0.39 is 0 Å². The fourth-order valence-electron chi connectivity index (χ4n) is 1.34. The Morgan fingerprint density at radius 3 is 2.73 bits per heavy atom. The number of thioether (sulfide) groups is 1. The summed E-state index contributed by atoms with van der Waals surface area (Å²) < 4.78 is 4.96. The van der Waals surface area contributed by atoms with Crippen LogP contribution in [0.15, 0.2) is 0 Å². The lowest BCUT2D eigenvalue weighted by Crippen LogP contribution is -2.33. The molecule has 0 saturated carbocycles. The summed E-state index contributed by atoms with van der Waals surface area (Å²) in [7, 11) is 3.94. The molecule has 0 bridgehead atoms. The van der Waals surface area contributed by atoms with Crippen molar-refractivity contribution in [3.63, 3.8) is 0 Å². The summed E-state index contributed by atoms with van der Waals surface area (Å²) in [6.45, 7) is 6.30. The maximum atomic E-state index is 4.96. The molecule has 0 fully saturated rings. The molecule has 15 heavy (non-hydrogen) atoms. The van der Waals surface area contributed by atoms with Gasteiger partial charge < -0.3 is 15.0 Å². The van der Waals surface area contributed by atoms with Gasteiger partial charge in [0, 0.05) is 25.4 Å². The lowest BCUT2D eigenvalue weighted by Gasteiger charge is -2.23. The van der Waals surface area contributed by atoms with Gasteiger partial charge in [-0.1, -0.05) is 0 Å². The molecule has 0 aromatic heterocycles. The van der Waals surface area contributed by atoms with Gasteiger partial charge in [0.1, 0.15) is 0 Å². The highest BCUT2D eigenvalue weighted by atomic mass is 32.2. The van der Waals surface area contributed by atoms with Crippen molar-refractivity contribution in [3.05, 3.63) is 0 Å². The molecule has 0 aromatic carbocycles. The molecule has 1 N–H and O–H groups in total. The zero-order chi connectivity index (χ0) is 11.5. The van der Waals surface area contributed by atoms with Gasteiger partial charge >= 0.3 is 0 Å². The molecule has 0 aliphatic heterocycles. The topological polar surface area (TPSA) is 24.5 Å². The summed E-state index contributed by atoms with van der Waals surface area (Å²) in [5.74, 6) is 1.22. The van der Waals surface area contributed by atoms with Crippen molar-refractivity contribution in [2.45, 2.75) is 19.4 Å². The van der Waals surface area contributed by atoms with E-state index in [4.69, 9.17) is 4.74 Å². The molecular weight excluding hydrogens is 208 g/mol. The van der Waals surface area contributed by atoms with Crippen molar-refractivity contribution in [1.29, 1.82) is 0 Å². The fraction of sp³-hybridized carbons (Fsp3) is 1.00. The van der Waals surface area contributed by atoms with Crippen molar-refractivity contribution in [3.8, 4) is 0 Å². The number of rotatable bonds is 10. The second-order valence-electron chi connectivity index (χ2n) is 3.88. The smallest absolute Gasteiger partial charge is 0.0587 e. The molecule has 0 aromatic rings. The Hall–Kier alpha value is 0.230. The van der Waals surface area contributed by atoms with Gasteiger partial charge in [0.05, 0.1) is 6.61 Å². The largest absolute Gasteiger partial charge is 0.383 e. The van der Waals surface area contributed by atoms with Gasteiger partial charge in [0.25, 0.3) is 0 Å². The summed E-state index contributed by atoms with van der Waals surface area (Å²) in [5, 5.41) is 3.36. The van der Waals surface area contributed by atoms with Gasteiger partial charge in [-0.05, 0) is 39.7 Å². The third-order valence-corrected chi connectivity index (χ3v) is 3.32. The molecule has 4 heteroatoms. The maximum absolute atomic E-state index is 4.96. The molecule has 0 aliphatic rings. The van der Waals surface area contributed by atoms with Gasteiger partial charge in [0.15, 0.2) is 0 Å². The fourth-order valence-corrected chi connectivity index (χ4v) is 2.08. The quantitative estimate of drug-likeness (QED) is 0.576. The first-order chi connectivity index (χ1) is 7.22. The Morgan fingerprint density at radius 1 is 1.40 bits per heavy atom. The van der Waals surface area contributed by atoms with Crippen LogP contribution in [0.5, 0.6) is 0 Å². The Balaban J connectivity index is 3.26. The van der Waals surface area contributed by atoms with Gasteiger partial charge in [0.2, 0.25) is 0 Å². The average molecular weight is 234 g/mol. The number of methoxy groups -OCH3 is 1. The number of ether oxygens (including phenoxy) is 1. The van der Waals surface area contributed by atoms with Gasteiger partial charge in [-0.2, -0.15) is 11.8 Å². The molecule has 0 aliphatic carbocycles. The Bertz CT molecular complexity index is 136. The molecule has 92 valence electrons. The van der Waals surface area contributed by atoms with Crippen LogP contribution < -0.4 is 5.32 Å². The molecule has 0 saturated heterocycles. The first-order valence-electron chi connectivity index (χ1n) is 5.61. The Labute approximate surface area is 98.9 Å². The number of nitrogens with zero attached hydrogens (tertiary/aromatic N) is 1. The van der Waals surface area contributed by atoms with E-state index in [2.05, 4.69) is 30.4 Å². The van der Waals surface area contributed by atoms with E-state index in [1.165, 1.54) is 18.7 Å². The molecule has 0 heterocycles. The third kappa shape index (κ3) is 9.18. The summed E-state index contributed by atoms with van der Waals surface area (Å²) in [5.41, 5.74) is 0. The van der Waals surface area contributed by atoms with Crippen LogP contribution in [0, 0.1) is 0 Å². The van der Waals surface area contributed by atoms with E-state index in [0.717, 1.165) is 19.7 Å². The van der Waals surface area contributed by atoms with E-state index in [0.29, 0.717) is 6.04 Å². The van der Waals surface area contributed by atoms with Crippen LogP contribution in [0.1, 0.15) is 13.3 Å². The van der Waals surface area contributed by atoms with E-state index >= 15 is 0 Å². The first-order valence-corrected chi connectivity index (χ1v) is 7.00. The van der Waals surface area contributed by atoms with Crippen LogP contribution in [0.25, 0.3) is 0 Å². The van der Waals surface area contributed by atoms with E-state index in [1.807, 2.05) is 11.8 Å². The van der Waals surface area contributed by atoms with Crippen LogP contribution in [0.4, 0.5) is 0 Å². The molecule has 0 rings (SSSR count). The minimum absolute atomic E-state index is 0.680. The van der Waals surface area contributed by atoms with E-state index in [1.54, 1.807) is 7.11 Å². The van der Waals surface area contributed by atoms with Crippen LogP contribution in [0.3, 0.4) is 0 Å². The highest BCUT2D eigenvalue weighted by Crippen LogP contribution is 2.03. The van der Waals surface area contributed by atoms with Crippen molar-refractivity contribution in [1.82, 2.24) is 10.2 Å². The maximum Gasteiger partial charge on any atom is 0.0587 e. The van der Waals surface area contributed by atoms with E-state index in [-0.39, 0.29) is 0 Å². The van der Waals surface area contributed by atoms with Gasteiger partial charge in [-0.15, -0.1) is 0 Å². The predicted molar refractivity (Wildman–Crippen MR) is 69.8 cm³/mol. The average Bonchev–Trinajstić information content (AvgIpc) is 2.23. The minimum atomic E-state index is 0.680. The highest BCUT2D eigenvalue weighted by molar-refractivity contribution is 7.98. The van der Waals surface area contributed by atoms with Crippen molar-refractivity contribution < 1.29 is 4.74 Å². The van der Waals surface area contributed by atoms with Crippen LogP contribution in [-0.4, -0.2) is 63.3 Å². The highest BCUT2D eigenvalue weighted by Gasteiger charge is 2.06. The number of hydrogen-bond donors (Lipinski definition) is 1. The molecule has 3 nitrogen and oxygen atoms in total.